The van der Waals surface area contributed by atoms with Crippen LogP contribution in [0, 0.1) is 13.8 Å². The molecule has 1 aromatic carbocycles. The maximum absolute atomic E-state index is 12.5. The standard InChI is InChI=1S/C15H21NO2S/c1-11-8-12(2)10-13(9-11)16(3)14(17)15(18)4-6-19-7-5-15/h8-10,18H,4-7H2,1-3H3. The lowest BCUT2D eigenvalue weighted by molar-refractivity contribution is -0.137. The molecule has 0 aliphatic carbocycles. The van der Waals surface area contributed by atoms with Gasteiger partial charge in [0.15, 0.2) is 0 Å². The number of nitrogens with zero attached hydrogens (tertiary/aromatic N) is 1. The van der Waals surface area contributed by atoms with Crippen LogP contribution in [0.2, 0.25) is 0 Å². The number of hydrogen-bond acceptors (Lipinski definition) is 3. The summed E-state index contributed by atoms with van der Waals surface area (Å²) >= 11 is 1.80. The zero-order valence-electron chi connectivity index (χ0n) is 11.8. The van der Waals surface area contributed by atoms with E-state index in [0.29, 0.717) is 12.8 Å². The number of carbonyl (C=O) groups is 1. The van der Waals surface area contributed by atoms with E-state index in [-0.39, 0.29) is 5.91 Å². The monoisotopic (exact) mass is 279 g/mol. The van der Waals surface area contributed by atoms with Gasteiger partial charge in [-0.05, 0) is 61.5 Å². The van der Waals surface area contributed by atoms with Gasteiger partial charge in [-0.3, -0.25) is 4.79 Å². The van der Waals surface area contributed by atoms with Crippen molar-refractivity contribution in [1.29, 1.82) is 0 Å². The predicted octanol–water partition coefficient (Wildman–Crippen LogP) is 2.52. The predicted molar refractivity (Wildman–Crippen MR) is 80.8 cm³/mol. The number of aliphatic hydroxyl groups is 1. The minimum absolute atomic E-state index is 0.183. The van der Waals surface area contributed by atoms with Crippen molar-refractivity contribution < 1.29 is 9.90 Å². The number of amides is 1. The third-order valence-electron chi connectivity index (χ3n) is 3.62. The Morgan fingerprint density at radius 2 is 1.74 bits per heavy atom. The van der Waals surface area contributed by atoms with E-state index in [1.54, 1.807) is 23.7 Å². The maximum Gasteiger partial charge on any atom is 0.258 e. The normalized spacial score (nSPS) is 18.1. The molecule has 2 rings (SSSR count). The molecule has 104 valence electrons. The van der Waals surface area contributed by atoms with Gasteiger partial charge in [0.25, 0.3) is 5.91 Å². The van der Waals surface area contributed by atoms with E-state index in [2.05, 4.69) is 6.07 Å². The summed E-state index contributed by atoms with van der Waals surface area (Å²) in [5.74, 6) is 1.52. The van der Waals surface area contributed by atoms with E-state index in [0.717, 1.165) is 28.3 Å². The van der Waals surface area contributed by atoms with Gasteiger partial charge in [0.1, 0.15) is 5.60 Å². The number of hydrogen-bond donors (Lipinski definition) is 1. The molecule has 4 heteroatoms. The lowest BCUT2D eigenvalue weighted by atomic mass is 9.94. The lowest BCUT2D eigenvalue weighted by Gasteiger charge is -2.34. The van der Waals surface area contributed by atoms with E-state index in [9.17, 15) is 9.90 Å². The van der Waals surface area contributed by atoms with Crippen molar-refractivity contribution in [1.82, 2.24) is 0 Å². The summed E-state index contributed by atoms with van der Waals surface area (Å²) in [6.07, 6.45) is 1.09. The van der Waals surface area contributed by atoms with E-state index < -0.39 is 5.60 Å². The first-order valence-corrected chi connectivity index (χ1v) is 7.74. The van der Waals surface area contributed by atoms with Crippen molar-refractivity contribution in [3.05, 3.63) is 29.3 Å². The summed E-state index contributed by atoms with van der Waals surface area (Å²) in [7, 11) is 1.75. The molecule has 0 unspecified atom stereocenters. The zero-order valence-corrected chi connectivity index (χ0v) is 12.6. The van der Waals surface area contributed by atoms with Gasteiger partial charge in [-0.25, -0.2) is 0 Å². The number of benzene rings is 1. The first-order chi connectivity index (χ1) is 8.92. The Bertz CT molecular complexity index is 461. The Morgan fingerprint density at radius 1 is 1.21 bits per heavy atom. The highest BCUT2D eigenvalue weighted by atomic mass is 32.2. The highest BCUT2D eigenvalue weighted by Gasteiger charge is 2.39. The molecular formula is C15H21NO2S. The number of carbonyl (C=O) groups excluding carboxylic acids is 1. The van der Waals surface area contributed by atoms with Gasteiger partial charge in [-0.1, -0.05) is 6.07 Å². The largest absolute Gasteiger partial charge is 0.380 e. The molecule has 1 aromatic rings. The summed E-state index contributed by atoms with van der Waals surface area (Å²) in [4.78, 5) is 14.1. The van der Waals surface area contributed by atoms with Gasteiger partial charge >= 0.3 is 0 Å². The minimum atomic E-state index is -1.18. The molecule has 0 atom stereocenters. The molecule has 1 heterocycles. The van der Waals surface area contributed by atoms with E-state index in [1.165, 1.54) is 0 Å². The molecule has 0 saturated carbocycles. The average molecular weight is 279 g/mol. The van der Waals surface area contributed by atoms with E-state index >= 15 is 0 Å². The minimum Gasteiger partial charge on any atom is -0.380 e. The van der Waals surface area contributed by atoms with Crippen molar-refractivity contribution in [3.8, 4) is 0 Å². The first-order valence-electron chi connectivity index (χ1n) is 6.59. The Hall–Kier alpha value is -1.00. The molecule has 1 aliphatic rings. The molecule has 1 amide bonds. The summed E-state index contributed by atoms with van der Waals surface area (Å²) < 4.78 is 0. The van der Waals surface area contributed by atoms with Crippen LogP contribution in [-0.2, 0) is 4.79 Å². The van der Waals surface area contributed by atoms with Crippen molar-refractivity contribution >= 4 is 23.4 Å². The molecule has 0 aromatic heterocycles. The van der Waals surface area contributed by atoms with Crippen LogP contribution in [0.1, 0.15) is 24.0 Å². The summed E-state index contributed by atoms with van der Waals surface area (Å²) in [5, 5.41) is 10.5. The molecule has 1 N–H and O–H groups in total. The van der Waals surface area contributed by atoms with Gasteiger partial charge in [-0.2, -0.15) is 11.8 Å². The second kappa shape index (κ2) is 5.55. The SMILES string of the molecule is Cc1cc(C)cc(N(C)C(=O)C2(O)CCSCC2)c1. The average Bonchev–Trinajstić information content (AvgIpc) is 2.36. The second-order valence-electron chi connectivity index (χ2n) is 5.35. The van der Waals surface area contributed by atoms with E-state index in [1.807, 2.05) is 26.0 Å². The molecule has 19 heavy (non-hydrogen) atoms. The topological polar surface area (TPSA) is 40.5 Å². The van der Waals surface area contributed by atoms with Crippen LogP contribution in [0.4, 0.5) is 5.69 Å². The smallest absolute Gasteiger partial charge is 0.258 e. The van der Waals surface area contributed by atoms with Gasteiger partial charge in [0.05, 0.1) is 0 Å². The fraction of sp³-hybridized carbons (Fsp3) is 0.533. The molecule has 0 bridgehead atoms. The number of likely N-dealkylation sites (N-methyl/N-ethyl adjacent to an activating group) is 1. The molecule has 1 aliphatic heterocycles. The molecule has 1 fully saturated rings. The van der Waals surface area contributed by atoms with E-state index in [4.69, 9.17) is 0 Å². The number of anilines is 1. The quantitative estimate of drug-likeness (QED) is 0.904. The van der Waals surface area contributed by atoms with Crippen molar-refractivity contribution in [2.75, 3.05) is 23.5 Å². The van der Waals surface area contributed by atoms with Crippen LogP contribution >= 0.6 is 11.8 Å². The zero-order chi connectivity index (χ0) is 14.0. The number of thioether (sulfide) groups is 1. The molecule has 0 spiro atoms. The molecule has 0 radical (unpaired) electrons. The first kappa shape index (κ1) is 14.4. The van der Waals surface area contributed by atoms with Crippen LogP contribution in [0.3, 0.4) is 0 Å². The highest BCUT2D eigenvalue weighted by molar-refractivity contribution is 7.99. The van der Waals surface area contributed by atoms with Crippen molar-refractivity contribution in [2.45, 2.75) is 32.3 Å². The van der Waals surface area contributed by atoms with Crippen LogP contribution in [0.5, 0.6) is 0 Å². The fourth-order valence-corrected chi connectivity index (χ4v) is 3.66. The van der Waals surface area contributed by atoms with Gasteiger partial charge in [0, 0.05) is 12.7 Å². The maximum atomic E-state index is 12.5. The third-order valence-corrected chi connectivity index (χ3v) is 4.60. The lowest BCUT2D eigenvalue weighted by Crippen LogP contribution is -2.50. The Kier molecular flexibility index (Phi) is 4.21. The van der Waals surface area contributed by atoms with Gasteiger partial charge < -0.3 is 10.0 Å². The van der Waals surface area contributed by atoms with Crippen LogP contribution in [0.15, 0.2) is 18.2 Å². The Labute approximate surface area is 119 Å². The van der Waals surface area contributed by atoms with Crippen LogP contribution in [0.25, 0.3) is 0 Å². The Morgan fingerprint density at radius 3 is 2.26 bits per heavy atom. The number of aryl methyl sites for hydroxylation is 2. The van der Waals surface area contributed by atoms with Crippen LogP contribution < -0.4 is 4.90 Å². The summed E-state index contributed by atoms with van der Waals surface area (Å²) in [6, 6.07) is 6.03. The van der Waals surface area contributed by atoms with Gasteiger partial charge in [0.2, 0.25) is 0 Å². The van der Waals surface area contributed by atoms with Crippen molar-refractivity contribution in [3.63, 3.8) is 0 Å². The van der Waals surface area contributed by atoms with Crippen LogP contribution in [-0.4, -0.2) is 35.2 Å². The van der Waals surface area contributed by atoms with Crippen molar-refractivity contribution in [2.24, 2.45) is 0 Å². The summed E-state index contributed by atoms with van der Waals surface area (Å²) in [5.41, 5.74) is 1.92. The fourth-order valence-electron chi connectivity index (χ4n) is 2.50. The highest BCUT2D eigenvalue weighted by Crippen LogP contribution is 2.30. The molecule has 3 nitrogen and oxygen atoms in total. The second-order valence-corrected chi connectivity index (χ2v) is 6.58. The Balaban J connectivity index is 2.22. The molecular weight excluding hydrogens is 258 g/mol. The summed E-state index contributed by atoms with van der Waals surface area (Å²) in [6.45, 7) is 4.03. The third kappa shape index (κ3) is 3.12. The van der Waals surface area contributed by atoms with Gasteiger partial charge in [-0.15, -0.1) is 0 Å². The number of rotatable bonds is 2. The molecule has 1 saturated heterocycles.